The number of rotatable bonds is 5. The molecule has 5 heteroatoms. The molecule has 8 aromatic rings. The Bertz CT molecular complexity index is 2700. The largest absolute Gasteiger partial charge is 0.507 e. The summed E-state index contributed by atoms with van der Waals surface area (Å²) in [6.45, 7) is 15.5. The van der Waals surface area contributed by atoms with Crippen LogP contribution in [0.3, 0.4) is 0 Å². The van der Waals surface area contributed by atoms with Crippen molar-refractivity contribution in [2.45, 2.75) is 59.3 Å². The van der Waals surface area contributed by atoms with Gasteiger partial charge >= 0.3 is 0 Å². The Hall–Kier alpha value is -5.65. The van der Waals surface area contributed by atoms with E-state index in [1.54, 1.807) is 6.07 Å². The van der Waals surface area contributed by atoms with Crippen LogP contribution in [0.25, 0.3) is 76.2 Å². The molecule has 5 aromatic carbocycles. The van der Waals surface area contributed by atoms with Crippen LogP contribution >= 0.6 is 11.3 Å². The number of aromatic nitrogens is 2. The maximum atomic E-state index is 14.2. The van der Waals surface area contributed by atoms with Crippen molar-refractivity contribution in [3.8, 4) is 61.8 Å². The van der Waals surface area contributed by atoms with Gasteiger partial charge in [0.15, 0.2) is 0 Å². The zero-order valence-corrected chi connectivity index (χ0v) is 32.6. The molecule has 0 spiro atoms. The second-order valence-corrected chi connectivity index (χ2v) is 17.4. The van der Waals surface area contributed by atoms with Gasteiger partial charge in [0.2, 0.25) is 0 Å². The maximum absolute atomic E-state index is 14.2. The number of thiophene rings is 1. The summed E-state index contributed by atoms with van der Waals surface area (Å²) in [6, 6.07) is 42.9. The number of phenolic OH excluding ortho intramolecular Hbond substituents is 1. The third-order valence-corrected chi connectivity index (χ3v) is 11.4. The van der Waals surface area contributed by atoms with Gasteiger partial charge in [0, 0.05) is 48.6 Å². The fourth-order valence-corrected chi connectivity index (χ4v) is 8.39. The predicted molar refractivity (Wildman–Crippen MR) is 226 cm³/mol. The third kappa shape index (κ3) is 6.81. The molecule has 0 aliphatic carbocycles. The molecule has 0 unspecified atom stereocenters. The molecule has 0 atom stereocenters. The second-order valence-electron chi connectivity index (χ2n) is 16.3. The minimum Gasteiger partial charge on any atom is -0.507 e. The molecule has 0 bridgehead atoms. The van der Waals surface area contributed by atoms with Gasteiger partial charge in [-0.1, -0.05) is 114 Å². The van der Waals surface area contributed by atoms with E-state index in [-0.39, 0.29) is 16.6 Å². The highest BCUT2D eigenvalue weighted by Gasteiger charge is 2.22. The number of aryl methyl sites for hydroxylation is 1. The van der Waals surface area contributed by atoms with Gasteiger partial charge in [0.1, 0.15) is 11.6 Å². The Kier molecular flexibility index (Phi) is 8.74. The standard InChI is InChI=1S/C49H43FN2OS/c1-29-20-34(38-15-11-16-40-39-14-8-9-17-46(39)54-47(38)40)26-42(51-29)30-12-10-13-31(21-30)43-24-33(25-44(52-43)41-19-18-37(50)28-45(41)53)32-22-35(48(2,3)4)27-36(23-32)49(5,6)7/h8-28,53H,1-7H3. The molecule has 8 rings (SSSR count). The number of aromatic hydroxyl groups is 1. The Balaban J connectivity index is 1.28. The van der Waals surface area contributed by atoms with Crippen LogP contribution in [0.2, 0.25) is 0 Å². The van der Waals surface area contributed by atoms with Crippen LogP contribution in [0.15, 0.2) is 127 Å². The summed E-state index contributed by atoms with van der Waals surface area (Å²) in [7, 11) is 0. The van der Waals surface area contributed by atoms with Crippen molar-refractivity contribution in [1.82, 2.24) is 9.97 Å². The number of hydrogen-bond acceptors (Lipinski definition) is 4. The lowest BCUT2D eigenvalue weighted by molar-refractivity contribution is 0.471. The lowest BCUT2D eigenvalue weighted by Crippen LogP contribution is -2.16. The Morgan fingerprint density at radius 1 is 0.519 bits per heavy atom. The van der Waals surface area contributed by atoms with Crippen LogP contribution in [0, 0.1) is 12.7 Å². The molecule has 0 saturated heterocycles. The normalized spacial score (nSPS) is 12.1. The van der Waals surface area contributed by atoms with Crippen molar-refractivity contribution in [3.05, 3.63) is 150 Å². The lowest BCUT2D eigenvalue weighted by Gasteiger charge is -2.26. The molecular weight excluding hydrogens is 684 g/mol. The summed E-state index contributed by atoms with van der Waals surface area (Å²) in [6.07, 6.45) is 0. The molecule has 0 fully saturated rings. The molecule has 0 aliphatic rings. The number of nitrogens with zero attached hydrogens (tertiary/aromatic N) is 2. The van der Waals surface area contributed by atoms with Gasteiger partial charge in [0.25, 0.3) is 0 Å². The highest BCUT2D eigenvalue weighted by atomic mass is 32.1. The average Bonchev–Trinajstić information content (AvgIpc) is 3.52. The molecule has 268 valence electrons. The monoisotopic (exact) mass is 726 g/mol. The van der Waals surface area contributed by atoms with Gasteiger partial charge in [0.05, 0.1) is 17.1 Å². The first kappa shape index (κ1) is 35.4. The first-order valence-electron chi connectivity index (χ1n) is 18.4. The second kappa shape index (κ2) is 13.3. The van der Waals surface area contributed by atoms with Crippen LogP contribution in [0.5, 0.6) is 5.75 Å². The topological polar surface area (TPSA) is 46.0 Å². The summed E-state index contributed by atoms with van der Waals surface area (Å²) in [5.41, 5.74) is 12.2. The highest BCUT2D eigenvalue weighted by molar-refractivity contribution is 7.26. The average molecular weight is 727 g/mol. The van der Waals surface area contributed by atoms with E-state index >= 15 is 0 Å². The zero-order chi connectivity index (χ0) is 37.9. The minimum absolute atomic E-state index is 0.0690. The molecule has 1 N–H and O–H groups in total. The van der Waals surface area contributed by atoms with Crippen LogP contribution in [0.1, 0.15) is 58.4 Å². The molecule has 3 aromatic heterocycles. The molecule has 0 amide bonds. The first-order chi connectivity index (χ1) is 25.7. The van der Waals surface area contributed by atoms with Crippen LogP contribution in [0.4, 0.5) is 4.39 Å². The van der Waals surface area contributed by atoms with E-state index < -0.39 is 5.82 Å². The predicted octanol–water partition coefficient (Wildman–Crippen LogP) is 13.9. The Morgan fingerprint density at radius 2 is 1.13 bits per heavy atom. The van der Waals surface area contributed by atoms with Crippen molar-refractivity contribution in [3.63, 3.8) is 0 Å². The molecular formula is C49H43FN2OS. The van der Waals surface area contributed by atoms with Gasteiger partial charge in [-0.05, 0) is 99.7 Å². The van der Waals surface area contributed by atoms with E-state index in [1.807, 2.05) is 30.4 Å². The van der Waals surface area contributed by atoms with Gasteiger partial charge in [-0.2, -0.15) is 0 Å². The molecule has 3 nitrogen and oxygen atoms in total. The number of benzene rings is 5. The van der Waals surface area contributed by atoms with E-state index in [2.05, 4.69) is 139 Å². The van der Waals surface area contributed by atoms with Crippen LogP contribution < -0.4 is 0 Å². The summed E-state index contributed by atoms with van der Waals surface area (Å²) in [5, 5.41) is 13.5. The van der Waals surface area contributed by atoms with Gasteiger partial charge in [-0.3, -0.25) is 4.98 Å². The molecule has 3 heterocycles. The smallest absolute Gasteiger partial charge is 0.127 e. The van der Waals surface area contributed by atoms with Crippen LogP contribution in [-0.4, -0.2) is 15.1 Å². The highest BCUT2D eigenvalue weighted by Crippen LogP contribution is 2.42. The Labute approximate surface area is 320 Å². The SMILES string of the molecule is Cc1cc(-c2cccc3c2sc2ccccc23)cc(-c2cccc(-c3cc(-c4cc(C(C)(C)C)cc(C(C)(C)C)c4)cc(-c4ccc(F)cc4O)n3)c2)n1. The molecule has 0 saturated carbocycles. The summed E-state index contributed by atoms with van der Waals surface area (Å²) >= 11 is 1.83. The maximum Gasteiger partial charge on any atom is 0.127 e. The van der Waals surface area contributed by atoms with E-state index in [1.165, 1.54) is 42.9 Å². The fraction of sp³-hybridized carbons (Fsp3) is 0.184. The minimum atomic E-state index is -0.498. The summed E-state index contributed by atoms with van der Waals surface area (Å²) < 4.78 is 16.7. The number of phenols is 1. The lowest BCUT2D eigenvalue weighted by atomic mass is 9.79. The van der Waals surface area contributed by atoms with Crippen LogP contribution in [-0.2, 0) is 10.8 Å². The number of fused-ring (bicyclic) bond motifs is 3. The van der Waals surface area contributed by atoms with E-state index in [9.17, 15) is 9.50 Å². The number of halogens is 1. The third-order valence-electron chi connectivity index (χ3n) is 10.2. The first-order valence-corrected chi connectivity index (χ1v) is 19.2. The fourth-order valence-electron chi connectivity index (χ4n) is 7.15. The summed E-state index contributed by atoms with van der Waals surface area (Å²) in [4.78, 5) is 10.1. The number of hydrogen-bond donors (Lipinski definition) is 1. The van der Waals surface area contributed by atoms with Crippen molar-refractivity contribution >= 4 is 31.5 Å². The number of pyridine rings is 2. The molecule has 0 radical (unpaired) electrons. The van der Waals surface area contributed by atoms with Crippen molar-refractivity contribution in [1.29, 1.82) is 0 Å². The van der Waals surface area contributed by atoms with Gasteiger partial charge in [-0.25, -0.2) is 9.37 Å². The van der Waals surface area contributed by atoms with Gasteiger partial charge < -0.3 is 5.11 Å². The molecule has 54 heavy (non-hydrogen) atoms. The van der Waals surface area contributed by atoms with Crippen molar-refractivity contribution < 1.29 is 9.50 Å². The van der Waals surface area contributed by atoms with Crippen molar-refractivity contribution in [2.24, 2.45) is 0 Å². The quantitative estimate of drug-likeness (QED) is 0.192. The zero-order valence-electron chi connectivity index (χ0n) is 31.8. The van der Waals surface area contributed by atoms with E-state index in [4.69, 9.17) is 9.97 Å². The Morgan fingerprint density at radius 3 is 1.83 bits per heavy atom. The van der Waals surface area contributed by atoms with Crippen molar-refractivity contribution in [2.75, 3.05) is 0 Å². The summed E-state index contributed by atoms with van der Waals surface area (Å²) in [5.74, 6) is -0.648. The van der Waals surface area contributed by atoms with Gasteiger partial charge in [-0.15, -0.1) is 11.3 Å². The molecule has 0 aliphatic heterocycles. The van der Waals surface area contributed by atoms with E-state index in [0.717, 1.165) is 51.0 Å². The van der Waals surface area contributed by atoms with E-state index in [0.29, 0.717) is 11.3 Å².